The third-order valence-corrected chi connectivity index (χ3v) is 3.66. The first-order chi connectivity index (χ1) is 11.3. The van der Waals surface area contributed by atoms with E-state index >= 15 is 0 Å². The van der Waals surface area contributed by atoms with Gasteiger partial charge in [0.15, 0.2) is 0 Å². The molecule has 0 spiro atoms. The largest absolute Gasteiger partial charge is 0.416 e. The standard InChI is InChI=1S/C16H11ClF3N3O/c17-13-7-11(8-14-12(13)5-6-21-14)23-15(24)22-10-3-1-9(2-4-10)16(18,19)20/h1-8,21H,(H2,22,23,24). The van der Waals surface area contributed by atoms with Crippen molar-refractivity contribution in [2.24, 2.45) is 0 Å². The smallest absolute Gasteiger partial charge is 0.361 e. The average molecular weight is 354 g/mol. The van der Waals surface area contributed by atoms with Gasteiger partial charge in [-0.15, -0.1) is 0 Å². The molecule has 0 bridgehead atoms. The van der Waals surface area contributed by atoms with Gasteiger partial charge in [-0.3, -0.25) is 0 Å². The Morgan fingerprint density at radius 3 is 2.33 bits per heavy atom. The third kappa shape index (κ3) is 3.46. The maximum Gasteiger partial charge on any atom is 0.416 e. The van der Waals surface area contributed by atoms with Crippen LogP contribution >= 0.6 is 11.6 Å². The summed E-state index contributed by atoms with van der Waals surface area (Å²) < 4.78 is 37.5. The van der Waals surface area contributed by atoms with Gasteiger partial charge < -0.3 is 15.6 Å². The van der Waals surface area contributed by atoms with Crippen LogP contribution in [0.5, 0.6) is 0 Å². The van der Waals surface area contributed by atoms with E-state index < -0.39 is 17.8 Å². The number of hydrogen-bond donors (Lipinski definition) is 3. The van der Waals surface area contributed by atoms with Crippen LogP contribution in [0, 0.1) is 0 Å². The van der Waals surface area contributed by atoms with Gasteiger partial charge in [0.1, 0.15) is 0 Å². The molecular weight excluding hydrogens is 343 g/mol. The predicted molar refractivity (Wildman–Crippen MR) is 87.4 cm³/mol. The Labute approximate surface area is 139 Å². The number of carbonyl (C=O) groups excluding carboxylic acids is 1. The van der Waals surface area contributed by atoms with E-state index in [1.165, 1.54) is 12.1 Å². The van der Waals surface area contributed by atoms with Gasteiger partial charge in [0, 0.05) is 28.5 Å². The van der Waals surface area contributed by atoms with Crippen LogP contribution in [0.2, 0.25) is 5.02 Å². The fourth-order valence-electron chi connectivity index (χ4n) is 2.23. The molecule has 0 aliphatic carbocycles. The topological polar surface area (TPSA) is 56.9 Å². The number of halogens is 4. The number of alkyl halides is 3. The third-order valence-electron chi connectivity index (χ3n) is 3.35. The van der Waals surface area contributed by atoms with Crippen LogP contribution in [0.15, 0.2) is 48.7 Å². The van der Waals surface area contributed by atoms with Crippen LogP contribution in [0.4, 0.5) is 29.3 Å². The molecule has 0 aliphatic rings. The molecule has 0 radical (unpaired) electrons. The van der Waals surface area contributed by atoms with Gasteiger partial charge in [-0.1, -0.05) is 11.6 Å². The first-order valence-electron chi connectivity index (χ1n) is 6.85. The minimum atomic E-state index is -4.41. The lowest BCUT2D eigenvalue weighted by Crippen LogP contribution is -2.19. The van der Waals surface area contributed by atoms with Gasteiger partial charge in [0.2, 0.25) is 0 Å². The molecule has 8 heteroatoms. The highest BCUT2D eigenvalue weighted by molar-refractivity contribution is 6.35. The van der Waals surface area contributed by atoms with E-state index in [1.54, 1.807) is 18.3 Å². The summed E-state index contributed by atoms with van der Waals surface area (Å²) in [6.07, 6.45) is -2.69. The summed E-state index contributed by atoms with van der Waals surface area (Å²) in [5.41, 5.74) is 0.677. The van der Waals surface area contributed by atoms with Crippen molar-refractivity contribution in [1.29, 1.82) is 0 Å². The van der Waals surface area contributed by atoms with Crippen molar-refractivity contribution in [3.63, 3.8) is 0 Å². The molecule has 1 heterocycles. The highest BCUT2D eigenvalue weighted by Crippen LogP contribution is 2.30. The highest BCUT2D eigenvalue weighted by atomic mass is 35.5. The SMILES string of the molecule is O=C(Nc1ccc(C(F)(F)F)cc1)Nc1cc(Cl)c2cc[nH]c2c1. The van der Waals surface area contributed by atoms with Crippen LogP contribution in [-0.4, -0.2) is 11.0 Å². The molecule has 0 unspecified atom stereocenters. The number of nitrogens with one attached hydrogen (secondary N) is 3. The number of H-pyrrole nitrogens is 1. The number of fused-ring (bicyclic) bond motifs is 1. The summed E-state index contributed by atoms with van der Waals surface area (Å²) in [4.78, 5) is 14.9. The van der Waals surface area contributed by atoms with Crippen molar-refractivity contribution in [1.82, 2.24) is 4.98 Å². The van der Waals surface area contributed by atoms with E-state index in [-0.39, 0.29) is 5.69 Å². The Hall–Kier alpha value is -2.67. The van der Waals surface area contributed by atoms with E-state index in [0.717, 1.165) is 23.0 Å². The molecule has 3 rings (SSSR count). The maximum atomic E-state index is 12.5. The molecule has 0 aliphatic heterocycles. The zero-order valence-corrected chi connectivity index (χ0v) is 12.8. The van der Waals surface area contributed by atoms with Crippen molar-refractivity contribution in [2.75, 3.05) is 10.6 Å². The zero-order chi connectivity index (χ0) is 17.3. The second kappa shape index (κ2) is 6.09. The fraction of sp³-hybridized carbons (Fsp3) is 0.0625. The summed E-state index contributed by atoms with van der Waals surface area (Å²) in [6.45, 7) is 0. The quantitative estimate of drug-likeness (QED) is 0.561. The number of aromatic nitrogens is 1. The van der Waals surface area contributed by atoms with Gasteiger partial charge >= 0.3 is 12.2 Å². The number of anilines is 2. The van der Waals surface area contributed by atoms with Crippen LogP contribution in [-0.2, 0) is 6.18 Å². The lowest BCUT2D eigenvalue weighted by molar-refractivity contribution is -0.137. The minimum Gasteiger partial charge on any atom is -0.361 e. The van der Waals surface area contributed by atoms with Gasteiger partial charge in [-0.2, -0.15) is 13.2 Å². The van der Waals surface area contributed by atoms with Crippen LogP contribution in [0.1, 0.15) is 5.56 Å². The Morgan fingerprint density at radius 1 is 1.00 bits per heavy atom. The zero-order valence-electron chi connectivity index (χ0n) is 12.0. The number of carbonyl (C=O) groups is 1. The van der Waals surface area contributed by atoms with Crippen molar-refractivity contribution in [2.45, 2.75) is 6.18 Å². The monoisotopic (exact) mass is 353 g/mol. The lowest BCUT2D eigenvalue weighted by atomic mass is 10.2. The summed E-state index contributed by atoms with van der Waals surface area (Å²) >= 11 is 6.11. The Bertz CT molecular complexity index is 888. The van der Waals surface area contributed by atoms with Gasteiger partial charge in [-0.25, -0.2) is 4.79 Å². The van der Waals surface area contributed by atoms with E-state index in [4.69, 9.17) is 11.6 Å². The van der Waals surface area contributed by atoms with E-state index in [1.807, 2.05) is 6.07 Å². The Balaban J connectivity index is 1.70. The normalized spacial score (nSPS) is 11.5. The van der Waals surface area contributed by atoms with Crippen molar-refractivity contribution in [3.8, 4) is 0 Å². The van der Waals surface area contributed by atoms with E-state index in [0.29, 0.717) is 10.7 Å². The first-order valence-corrected chi connectivity index (χ1v) is 7.22. The molecule has 24 heavy (non-hydrogen) atoms. The molecule has 0 atom stereocenters. The molecule has 2 amide bonds. The molecular formula is C16H11ClF3N3O. The Morgan fingerprint density at radius 2 is 1.67 bits per heavy atom. The minimum absolute atomic E-state index is 0.243. The highest BCUT2D eigenvalue weighted by Gasteiger charge is 2.29. The summed E-state index contributed by atoms with van der Waals surface area (Å²) in [7, 11) is 0. The van der Waals surface area contributed by atoms with Crippen LogP contribution in [0.25, 0.3) is 10.9 Å². The summed E-state index contributed by atoms with van der Waals surface area (Å²) in [6, 6.07) is 8.68. The molecule has 0 fully saturated rings. The number of hydrogen-bond acceptors (Lipinski definition) is 1. The summed E-state index contributed by atoms with van der Waals surface area (Å²) in [5, 5.41) is 6.34. The molecule has 124 valence electrons. The van der Waals surface area contributed by atoms with Crippen LogP contribution < -0.4 is 10.6 Å². The van der Waals surface area contributed by atoms with Gasteiger partial charge in [0.25, 0.3) is 0 Å². The molecule has 3 aromatic rings. The summed E-state index contributed by atoms with van der Waals surface area (Å²) in [5.74, 6) is 0. The second-order valence-electron chi connectivity index (χ2n) is 5.05. The van der Waals surface area contributed by atoms with E-state index in [2.05, 4.69) is 15.6 Å². The average Bonchev–Trinajstić information content (AvgIpc) is 2.95. The van der Waals surface area contributed by atoms with Gasteiger partial charge in [-0.05, 0) is 42.5 Å². The number of urea groups is 1. The van der Waals surface area contributed by atoms with Crippen molar-refractivity contribution in [3.05, 3.63) is 59.2 Å². The second-order valence-corrected chi connectivity index (χ2v) is 5.46. The maximum absolute atomic E-state index is 12.5. The fourth-order valence-corrected chi connectivity index (χ4v) is 2.51. The van der Waals surface area contributed by atoms with Crippen molar-refractivity contribution < 1.29 is 18.0 Å². The molecule has 4 nitrogen and oxygen atoms in total. The van der Waals surface area contributed by atoms with Gasteiger partial charge in [0.05, 0.1) is 10.6 Å². The van der Waals surface area contributed by atoms with Crippen LogP contribution in [0.3, 0.4) is 0 Å². The first kappa shape index (κ1) is 16.2. The number of rotatable bonds is 2. The lowest BCUT2D eigenvalue weighted by Gasteiger charge is -2.10. The van der Waals surface area contributed by atoms with Crippen molar-refractivity contribution >= 4 is 39.9 Å². The number of amides is 2. The number of benzene rings is 2. The number of aromatic amines is 1. The Kier molecular flexibility index (Phi) is 4.11. The van der Waals surface area contributed by atoms with E-state index in [9.17, 15) is 18.0 Å². The molecule has 0 saturated carbocycles. The predicted octanol–water partition coefficient (Wildman–Crippen LogP) is 5.48. The molecule has 1 aromatic heterocycles. The molecule has 3 N–H and O–H groups in total. The molecule has 2 aromatic carbocycles. The molecule has 0 saturated heterocycles.